The molecule has 3 aromatic heterocycles. The van der Waals surface area contributed by atoms with E-state index in [1.165, 1.54) is 24.3 Å². The van der Waals surface area contributed by atoms with Crippen LogP contribution in [-0.4, -0.2) is 56.7 Å². The van der Waals surface area contributed by atoms with Gasteiger partial charge >= 0.3 is 0 Å². The highest BCUT2D eigenvalue weighted by molar-refractivity contribution is 6.28. The Morgan fingerprint density at radius 2 is 1.15 bits per heavy atom. The summed E-state index contributed by atoms with van der Waals surface area (Å²) in [6.45, 7) is 12.1. The first-order valence-electron chi connectivity index (χ1n) is 17.8. The van der Waals surface area contributed by atoms with Crippen LogP contribution in [0.1, 0.15) is 55.9 Å². The predicted molar refractivity (Wildman–Crippen MR) is 212 cm³/mol. The number of hydrogen-bond donors (Lipinski definition) is 2. The maximum Gasteiger partial charge on any atom is 0.226 e. The molecule has 0 unspecified atom stereocenters. The Kier molecular flexibility index (Phi) is 9.74. The maximum atomic E-state index is 13.5. The van der Waals surface area contributed by atoms with E-state index in [0.29, 0.717) is 6.42 Å². The molecule has 10 nitrogen and oxygen atoms in total. The summed E-state index contributed by atoms with van der Waals surface area (Å²) in [6, 6.07) is 21.3. The fraction of sp³-hybridized carbons (Fsp3) is 0.293. The van der Waals surface area contributed by atoms with E-state index >= 15 is 0 Å². The van der Waals surface area contributed by atoms with E-state index in [9.17, 15) is 8.78 Å². The fourth-order valence-corrected chi connectivity index (χ4v) is 7.46. The third-order valence-corrected chi connectivity index (χ3v) is 10.00. The van der Waals surface area contributed by atoms with Crippen LogP contribution in [0, 0.1) is 18.6 Å². The summed E-state index contributed by atoms with van der Waals surface area (Å²) in [4.78, 5) is 27.0. The lowest BCUT2D eigenvalue weighted by Crippen LogP contribution is -2.25. The summed E-state index contributed by atoms with van der Waals surface area (Å²) in [5.41, 5.74) is 6.83. The van der Waals surface area contributed by atoms with Crippen molar-refractivity contribution in [1.82, 2.24) is 29.5 Å². The second-order valence-corrected chi connectivity index (χ2v) is 15.2. The zero-order valence-electron chi connectivity index (χ0n) is 31.4. The second kappa shape index (κ2) is 14.3. The molecule has 13 heteroatoms. The number of benzene rings is 3. The highest BCUT2D eigenvalue weighted by Crippen LogP contribution is 2.47. The summed E-state index contributed by atoms with van der Waals surface area (Å²) >= 11 is 6.03. The van der Waals surface area contributed by atoms with Crippen LogP contribution in [0.15, 0.2) is 85.3 Å². The van der Waals surface area contributed by atoms with E-state index < -0.39 is 0 Å². The van der Waals surface area contributed by atoms with E-state index in [4.69, 9.17) is 21.6 Å². The lowest BCUT2D eigenvalue weighted by atomic mass is 9.88. The predicted octanol–water partition coefficient (Wildman–Crippen LogP) is 8.91. The molecule has 0 bridgehead atoms. The first-order valence-corrected chi connectivity index (χ1v) is 18.1. The van der Waals surface area contributed by atoms with Crippen LogP contribution in [-0.2, 0) is 17.3 Å². The number of imidazole rings is 1. The number of nitrogens with one attached hydrogen (secondary N) is 2. The Balaban J connectivity index is 0.000000184. The monoisotopic (exact) mass is 748 g/mol. The fourth-order valence-electron chi connectivity index (χ4n) is 7.29. The quantitative estimate of drug-likeness (QED) is 0.155. The van der Waals surface area contributed by atoms with Crippen molar-refractivity contribution in [2.24, 2.45) is 0 Å². The molecule has 0 fully saturated rings. The SMILES string of the molecule is CNc1nc(Cc2ccc(-n3cnc(C)c3)cc2)nc2c1C(C)(C)CN2c1ccc(F)cc1.CNc1nc(Cl)nc2c1C(C)(C)CN2c1ccc(F)cc1. The number of aromatic nitrogens is 6. The number of hydrogen-bond acceptors (Lipinski definition) is 9. The van der Waals surface area contributed by atoms with Gasteiger partial charge in [0, 0.05) is 78.8 Å². The molecule has 3 aromatic carbocycles. The third-order valence-electron chi connectivity index (χ3n) is 9.83. The van der Waals surface area contributed by atoms with E-state index in [1.54, 1.807) is 24.3 Å². The van der Waals surface area contributed by atoms with Crippen molar-refractivity contribution in [2.45, 2.75) is 51.9 Å². The number of nitrogens with zero attached hydrogens (tertiary/aromatic N) is 8. The van der Waals surface area contributed by atoms with Gasteiger partial charge in [0.1, 0.15) is 40.7 Å². The molecule has 0 amide bonds. The molecule has 0 spiro atoms. The van der Waals surface area contributed by atoms with E-state index in [1.807, 2.05) is 43.0 Å². The van der Waals surface area contributed by atoms with Crippen LogP contribution < -0.4 is 20.4 Å². The van der Waals surface area contributed by atoms with Crippen LogP contribution in [0.3, 0.4) is 0 Å². The normalized spacial score (nSPS) is 15.0. The first kappa shape index (κ1) is 36.7. The van der Waals surface area contributed by atoms with Gasteiger partial charge in [-0.2, -0.15) is 4.98 Å². The van der Waals surface area contributed by atoms with Crippen molar-refractivity contribution >= 4 is 46.2 Å². The number of rotatable bonds is 7. The topological polar surface area (TPSA) is 99.9 Å². The largest absolute Gasteiger partial charge is 0.373 e. The molecule has 278 valence electrons. The van der Waals surface area contributed by atoms with Gasteiger partial charge in [0.2, 0.25) is 5.28 Å². The first-order chi connectivity index (χ1) is 25.8. The molecule has 54 heavy (non-hydrogen) atoms. The van der Waals surface area contributed by atoms with Gasteiger partial charge < -0.3 is 25.0 Å². The summed E-state index contributed by atoms with van der Waals surface area (Å²) in [5, 5.41) is 6.55. The number of halogens is 3. The molecule has 0 radical (unpaired) electrons. The lowest BCUT2D eigenvalue weighted by Gasteiger charge is -2.21. The second-order valence-electron chi connectivity index (χ2n) is 14.9. The molecule has 2 aliphatic rings. The molecule has 0 atom stereocenters. The highest BCUT2D eigenvalue weighted by Gasteiger charge is 2.41. The van der Waals surface area contributed by atoms with Gasteiger partial charge in [0.15, 0.2) is 0 Å². The molecular weight excluding hydrogens is 706 g/mol. The van der Waals surface area contributed by atoms with Crippen LogP contribution in [0.5, 0.6) is 0 Å². The summed E-state index contributed by atoms with van der Waals surface area (Å²) in [5.74, 6) is 3.48. The minimum absolute atomic E-state index is 0.132. The lowest BCUT2D eigenvalue weighted by molar-refractivity contribution is 0.568. The van der Waals surface area contributed by atoms with Crippen molar-refractivity contribution < 1.29 is 8.78 Å². The van der Waals surface area contributed by atoms with Gasteiger partial charge in [-0.05, 0) is 84.8 Å². The molecule has 2 N–H and O–H groups in total. The van der Waals surface area contributed by atoms with Crippen LogP contribution in [0.25, 0.3) is 5.69 Å². The van der Waals surface area contributed by atoms with Crippen molar-refractivity contribution in [3.8, 4) is 5.69 Å². The average molecular weight is 749 g/mol. The minimum atomic E-state index is -0.255. The summed E-state index contributed by atoms with van der Waals surface area (Å²) in [7, 11) is 3.71. The molecule has 0 aliphatic carbocycles. The van der Waals surface area contributed by atoms with Crippen LogP contribution in [0.4, 0.5) is 43.4 Å². The van der Waals surface area contributed by atoms with Gasteiger partial charge in [0.25, 0.3) is 0 Å². The van der Waals surface area contributed by atoms with Gasteiger partial charge in [-0.15, -0.1) is 0 Å². The molecular formula is C41H43ClF2N10. The van der Waals surface area contributed by atoms with E-state index in [-0.39, 0.29) is 27.7 Å². The van der Waals surface area contributed by atoms with Crippen LogP contribution in [0.2, 0.25) is 5.28 Å². The Hall–Kier alpha value is -5.62. The van der Waals surface area contributed by atoms with Crippen molar-refractivity contribution in [2.75, 3.05) is 47.6 Å². The van der Waals surface area contributed by atoms with Gasteiger partial charge in [-0.25, -0.2) is 28.7 Å². The number of aryl methyl sites for hydroxylation is 1. The number of fused-ring (bicyclic) bond motifs is 2. The maximum absolute atomic E-state index is 13.5. The van der Waals surface area contributed by atoms with Crippen molar-refractivity contribution in [1.29, 1.82) is 0 Å². The summed E-state index contributed by atoms with van der Waals surface area (Å²) in [6.07, 6.45) is 4.44. The van der Waals surface area contributed by atoms with Gasteiger partial charge in [0.05, 0.1) is 12.0 Å². The van der Waals surface area contributed by atoms with Crippen LogP contribution >= 0.6 is 11.6 Å². The highest BCUT2D eigenvalue weighted by atomic mass is 35.5. The zero-order valence-corrected chi connectivity index (χ0v) is 32.2. The van der Waals surface area contributed by atoms with E-state index in [0.717, 1.165) is 81.6 Å². The van der Waals surface area contributed by atoms with Gasteiger partial charge in [-0.3, -0.25) is 0 Å². The summed E-state index contributed by atoms with van der Waals surface area (Å²) < 4.78 is 28.7. The Morgan fingerprint density at radius 1 is 0.667 bits per heavy atom. The van der Waals surface area contributed by atoms with Crippen molar-refractivity contribution in [3.63, 3.8) is 0 Å². The molecule has 8 rings (SSSR count). The van der Waals surface area contributed by atoms with Crippen molar-refractivity contribution in [3.05, 3.63) is 130 Å². The Morgan fingerprint density at radius 3 is 1.63 bits per heavy atom. The zero-order chi connectivity index (χ0) is 38.4. The average Bonchev–Trinajstić information content (AvgIpc) is 3.79. The Bertz CT molecular complexity index is 2290. The number of anilines is 6. The third kappa shape index (κ3) is 7.17. The minimum Gasteiger partial charge on any atom is -0.373 e. The Labute approximate surface area is 319 Å². The molecule has 0 saturated carbocycles. The van der Waals surface area contributed by atoms with Gasteiger partial charge in [-0.1, -0.05) is 39.8 Å². The molecule has 6 aromatic rings. The smallest absolute Gasteiger partial charge is 0.226 e. The molecule has 5 heterocycles. The van der Waals surface area contributed by atoms with E-state index in [2.05, 4.69) is 82.4 Å². The molecule has 2 aliphatic heterocycles. The standard InChI is InChI=1S/C26H27FN6.C15H16ClFN4/c1-17-14-32(16-29-17)20-9-5-18(6-10-20)13-22-30-24(28-4)23-25(31-22)33(15-26(23,2)3)21-11-7-19(27)8-12-21;1-15(2)8-21(10-6-4-9(17)5-7-10)13-11(15)12(18-3)19-14(16)20-13/h5-12,14,16H,13,15H2,1-4H3,(H,28,30,31);4-7H,8H2,1-3H3,(H,18,19,20). The molecule has 0 saturated heterocycles.